The second-order valence-electron chi connectivity index (χ2n) is 7.34. The lowest BCUT2D eigenvalue weighted by atomic mass is 9.95. The summed E-state index contributed by atoms with van der Waals surface area (Å²) in [4.78, 5) is 37.9. The van der Waals surface area contributed by atoms with Crippen LogP contribution in [0.2, 0.25) is 0 Å². The summed E-state index contributed by atoms with van der Waals surface area (Å²) >= 11 is 0. The number of amides is 1. The third-order valence-electron chi connectivity index (χ3n) is 5.31. The van der Waals surface area contributed by atoms with Crippen LogP contribution in [0.15, 0.2) is 60.2 Å². The van der Waals surface area contributed by atoms with Gasteiger partial charge in [-0.05, 0) is 30.5 Å². The SMILES string of the molecule is COc1ccc([C@H]2C(=C(O)c3ccccc3)C(=O)C(=O)N2CCCCCC(=O)O)cc1. The van der Waals surface area contributed by atoms with Crippen molar-refractivity contribution in [2.24, 2.45) is 0 Å². The Morgan fingerprint density at radius 3 is 2.26 bits per heavy atom. The number of unbranched alkanes of at least 4 members (excludes halogenated alkanes) is 2. The number of aliphatic carboxylic acids is 1. The summed E-state index contributed by atoms with van der Waals surface area (Å²) in [5.41, 5.74) is 1.19. The number of carbonyl (C=O) groups is 3. The Bertz CT molecular complexity index is 981. The zero-order valence-corrected chi connectivity index (χ0v) is 17.3. The highest BCUT2D eigenvalue weighted by atomic mass is 16.5. The molecule has 1 amide bonds. The Labute approximate surface area is 180 Å². The minimum absolute atomic E-state index is 0.0481. The summed E-state index contributed by atoms with van der Waals surface area (Å²) in [6, 6.07) is 14.9. The molecule has 1 aliphatic heterocycles. The first-order chi connectivity index (χ1) is 14.9. The maximum atomic E-state index is 12.9. The maximum absolute atomic E-state index is 12.9. The Kier molecular flexibility index (Phi) is 7.07. The van der Waals surface area contributed by atoms with E-state index in [1.807, 2.05) is 0 Å². The van der Waals surface area contributed by atoms with E-state index in [-0.39, 0.29) is 24.3 Å². The predicted octanol–water partition coefficient (Wildman–Crippen LogP) is 3.76. The van der Waals surface area contributed by atoms with Gasteiger partial charge in [0, 0.05) is 18.5 Å². The number of hydrogen-bond acceptors (Lipinski definition) is 5. The van der Waals surface area contributed by atoms with Crippen molar-refractivity contribution in [1.82, 2.24) is 4.90 Å². The van der Waals surface area contributed by atoms with Gasteiger partial charge in [0.2, 0.25) is 0 Å². The minimum Gasteiger partial charge on any atom is -0.507 e. The van der Waals surface area contributed by atoms with Crippen LogP contribution in [-0.4, -0.2) is 46.4 Å². The average molecular weight is 423 g/mol. The Morgan fingerprint density at radius 2 is 1.65 bits per heavy atom. The first-order valence-corrected chi connectivity index (χ1v) is 10.1. The van der Waals surface area contributed by atoms with Crippen LogP contribution >= 0.6 is 0 Å². The van der Waals surface area contributed by atoms with Gasteiger partial charge in [-0.2, -0.15) is 0 Å². The van der Waals surface area contributed by atoms with E-state index in [2.05, 4.69) is 0 Å². The molecule has 1 heterocycles. The van der Waals surface area contributed by atoms with Crippen LogP contribution in [0.3, 0.4) is 0 Å². The molecule has 0 bridgehead atoms. The van der Waals surface area contributed by atoms with Crippen molar-refractivity contribution in [3.05, 3.63) is 71.3 Å². The molecule has 7 nitrogen and oxygen atoms in total. The van der Waals surface area contributed by atoms with Crippen molar-refractivity contribution in [1.29, 1.82) is 0 Å². The summed E-state index contributed by atoms with van der Waals surface area (Å²) < 4.78 is 5.20. The summed E-state index contributed by atoms with van der Waals surface area (Å²) in [6.07, 6.45) is 1.73. The highest BCUT2D eigenvalue weighted by Crippen LogP contribution is 2.39. The second-order valence-corrected chi connectivity index (χ2v) is 7.34. The van der Waals surface area contributed by atoms with Crippen LogP contribution in [-0.2, 0) is 14.4 Å². The third-order valence-corrected chi connectivity index (χ3v) is 5.31. The number of aliphatic hydroxyl groups is 1. The molecule has 1 atom stereocenters. The normalized spacial score (nSPS) is 17.7. The van der Waals surface area contributed by atoms with Crippen LogP contribution in [0, 0.1) is 0 Å². The molecule has 162 valence electrons. The molecule has 7 heteroatoms. The van der Waals surface area contributed by atoms with Gasteiger partial charge in [0.15, 0.2) is 0 Å². The van der Waals surface area contributed by atoms with Crippen molar-refractivity contribution in [2.75, 3.05) is 13.7 Å². The largest absolute Gasteiger partial charge is 0.507 e. The quantitative estimate of drug-likeness (QED) is 0.275. The van der Waals surface area contributed by atoms with Crippen molar-refractivity contribution in [3.8, 4) is 5.75 Å². The van der Waals surface area contributed by atoms with Crippen LogP contribution in [0.5, 0.6) is 5.75 Å². The van der Waals surface area contributed by atoms with Gasteiger partial charge in [-0.1, -0.05) is 48.9 Å². The van der Waals surface area contributed by atoms with Crippen LogP contribution < -0.4 is 4.74 Å². The molecule has 0 aromatic heterocycles. The zero-order chi connectivity index (χ0) is 22.4. The summed E-state index contributed by atoms with van der Waals surface area (Å²) in [6.45, 7) is 0.284. The van der Waals surface area contributed by atoms with Crippen LogP contribution in [0.1, 0.15) is 42.9 Å². The number of hydrogen-bond donors (Lipinski definition) is 2. The van der Waals surface area contributed by atoms with Gasteiger partial charge in [-0.3, -0.25) is 14.4 Å². The number of ketones is 1. The van der Waals surface area contributed by atoms with E-state index in [9.17, 15) is 19.5 Å². The van der Waals surface area contributed by atoms with Crippen molar-refractivity contribution in [2.45, 2.75) is 31.7 Å². The van der Waals surface area contributed by atoms with Gasteiger partial charge in [0.25, 0.3) is 11.7 Å². The molecule has 31 heavy (non-hydrogen) atoms. The number of likely N-dealkylation sites (tertiary alicyclic amines) is 1. The lowest BCUT2D eigenvalue weighted by Gasteiger charge is -2.25. The van der Waals surface area contributed by atoms with E-state index in [0.29, 0.717) is 36.1 Å². The van der Waals surface area contributed by atoms with Crippen LogP contribution in [0.4, 0.5) is 0 Å². The highest BCUT2D eigenvalue weighted by molar-refractivity contribution is 6.46. The van der Waals surface area contributed by atoms with E-state index in [1.54, 1.807) is 61.7 Å². The number of aliphatic hydroxyl groups excluding tert-OH is 1. The molecular weight excluding hydrogens is 398 g/mol. The lowest BCUT2D eigenvalue weighted by Crippen LogP contribution is -2.30. The smallest absolute Gasteiger partial charge is 0.303 e. The number of nitrogens with zero attached hydrogens (tertiary/aromatic N) is 1. The zero-order valence-electron chi connectivity index (χ0n) is 17.3. The van der Waals surface area contributed by atoms with E-state index in [1.165, 1.54) is 4.90 Å². The van der Waals surface area contributed by atoms with Gasteiger partial charge in [-0.25, -0.2) is 0 Å². The number of methoxy groups -OCH3 is 1. The topological polar surface area (TPSA) is 104 Å². The molecule has 0 saturated carbocycles. The standard InChI is InChI=1S/C24H25NO6/c1-31-18-13-11-16(12-14-18)21-20(22(28)17-8-4-2-5-9-17)23(29)24(30)25(21)15-7-3-6-10-19(26)27/h2,4-5,8-9,11-14,21,28H,3,6-7,10,15H2,1H3,(H,26,27)/t21-/m0/s1. The Hall–Kier alpha value is -3.61. The molecule has 2 aromatic carbocycles. The molecule has 0 radical (unpaired) electrons. The molecule has 3 rings (SSSR count). The fraction of sp³-hybridized carbons (Fsp3) is 0.292. The monoisotopic (exact) mass is 423 g/mol. The van der Waals surface area contributed by atoms with Gasteiger partial charge < -0.3 is 19.8 Å². The van der Waals surface area contributed by atoms with Crippen molar-refractivity contribution >= 4 is 23.4 Å². The first-order valence-electron chi connectivity index (χ1n) is 10.1. The average Bonchev–Trinajstić information content (AvgIpc) is 3.03. The summed E-state index contributed by atoms with van der Waals surface area (Å²) in [5.74, 6) is -1.84. The molecule has 1 saturated heterocycles. The molecule has 2 N–H and O–H groups in total. The fourth-order valence-corrected chi connectivity index (χ4v) is 3.73. The highest BCUT2D eigenvalue weighted by Gasteiger charge is 2.45. The fourth-order valence-electron chi connectivity index (χ4n) is 3.73. The van der Waals surface area contributed by atoms with E-state index >= 15 is 0 Å². The summed E-state index contributed by atoms with van der Waals surface area (Å²) in [5, 5.41) is 19.7. The van der Waals surface area contributed by atoms with E-state index < -0.39 is 23.7 Å². The van der Waals surface area contributed by atoms with Crippen LogP contribution in [0.25, 0.3) is 5.76 Å². The van der Waals surface area contributed by atoms with Gasteiger partial charge >= 0.3 is 5.97 Å². The molecule has 2 aromatic rings. The number of ether oxygens (including phenoxy) is 1. The molecule has 0 aliphatic carbocycles. The molecular formula is C24H25NO6. The van der Waals surface area contributed by atoms with Crippen molar-refractivity contribution < 1.29 is 29.3 Å². The van der Waals surface area contributed by atoms with E-state index in [0.717, 1.165) is 0 Å². The Balaban J connectivity index is 1.96. The summed E-state index contributed by atoms with van der Waals surface area (Å²) in [7, 11) is 1.55. The van der Waals surface area contributed by atoms with Gasteiger partial charge in [0.05, 0.1) is 18.7 Å². The number of carbonyl (C=O) groups excluding carboxylic acids is 2. The molecule has 0 spiro atoms. The third kappa shape index (κ3) is 4.94. The van der Waals surface area contributed by atoms with Crippen molar-refractivity contribution in [3.63, 3.8) is 0 Å². The molecule has 1 fully saturated rings. The number of carboxylic acids is 1. The number of benzene rings is 2. The molecule has 0 unspecified atom stereocenters. The minimum atomic E-state index is -0.860. The van der Waals surface area contributed by atoms with Gasteiger partial charge in [-0.15, -0.1) is 0 Å². The number of rotatable bonds is 9. The van der Waals surface area contributed by atoms with E-state index in [4.69, 9.17) is 9.84 Å². The van der Waals surface area contributed by atoms with Gasteiger partial charge in [0.1, 0.15) is 11.5 Å². The first kappa shape index (κ1) is 22.1. The second kappa shape index (κ2) is 9.93. The Morgan fingerprint density at radius 1 is 0.968 bits per heavy atom. The lowest BCUT2D eigenvalue weighted by molar-refractivity contribution is -0.140. The number of carboxylic acid groups (broad SMARTS) is 1. The number of Topliss-reactive ketones (excluding diaryl/α,β-unsaturated/α-hetero) is 1. The molecule has 1 aliphatic rings. The predicted molar refractivity (Wildman–Crippen MR) is 115 cm³/mol. The maximum Gasteiger partial charge on any atom is 0.303 e.